The maximum Gasteiger partial charge on any atom is 0.325 e. The smallest absolute Gasteiger partial charge is 0.325 e. The molecule has 0 spiro atoms. The summed E-state index contributed by atoms with van der Waals surface area (Å²) in [4.78, 5) is 35.4. The highest BCUT2D eigenvalue weighted by atomic mass is 16.5. The first-order chi connectivity index (χ1) is 13.0. The molecule has 27 heavy (non-hydrogen) atoms. The van der Waals surface area contributed by atoms with Crippen molar-refractivity contribution in [2.45, 2.75) is 13.3 Å². The van der Waals surface area contributed by atoms with Crippen LogP contribution in [0.4, 0.5) is 5.69 Å². The van der Waals surface area contributed by atoms with Crippen LogP contribution < -0.4 is 15.4 Å². The van der Waals surface area contributed by atoms with E-state index in [0.29, 0.717) is 17.0 Å². The van der Waals surface area contributed by atoms with Gasteiger partial charge in [-0.1, -0.05) is 19.1 Å². The molecule has 2 amide bonds. The van der Waals surface area contributed by atoms with Gasteiger partial charge in [-0.05, 0) is 48.4 Å². The SMILES string of the molecule is CCc1ccc(NC(=O)COC(=O)CNC(=O)c2ccc(OC)cc2)cc1. The molecular formula is C20H22N2O5. The highest BCUT2D eigenvalue weighted by Gasteiger charge is 2.11. The lowest BCUT2D eigenvalue weighted by molar-refractivity contribution is -0.146. The third-order valence-corrected chi connectivity index (χ3v) is 3.76. The molecule has 0 heterocycles. The van der Waals surface area contributed by atoms with E-state index >= 15 is 0 Å². The Morgan fingerprint density at radius 2 is 1.63 bits per heavy atom. The van der Waals surface area contributed by atoms with Crippen LogP contribution in [0.15, 0.2) is 48.5 Å². The van der Waals surface area contributed by atoms with Crippen LogP contribution in [0.2, 0.25) is 0 Å². The Morgan fingerprint density at radius 1 is 0.963 bits per heavy atom. The average molecular weight is 370 g/mol. The first-order valence-corrected chi connectivity index (χ1v) is 8.48. The Bertz CT molecular complexity index is 785. The summed E-state index contributed by atoms with van der Waals surface area (Å²) in [6, 6.07) is 13.8. The molecule has 0 fully saturated rings. The fraction of sp³-hybridized carbons (Fsp3) is 0.250. The lowest BCUT2D eigenvalue weighted by atomic mass is 10.1. The summed E-state index contributed by atoms with van der Waals surface area (Å²) in [5, 5.41) is 5.07. The number of aryl methyl sites for hydroxylation is 1. The Balaban J connectivity index is 1.71. The van der Waals surface area contributed by atoms with Gasteiger partial charge in [0.15, 0.2) is 6.61 Å². The number of esters is 1. The lowest BCUT2D eigenvalue weighted by Gasteiger charge is -2.08. The normalized spacial score (nSPS) is 10.0. The molecule has 2 rings (SSSR count). The minimum atomic E-state index is -0.701. The summed E-state index contributed by atoms with van der Waals surface area (Å²) in [6.07, 6.45) is 0.911. The number of anilines is 1. The van der Waals surface area contributed by atoms with Gasteiger partial charge in [0.1, 0.15) is 12.3 Å². The van der Waals surface area contributed by atoms with Crippen LogP contribution in [0.5, 0.6) is 5.75 Å². The van der Waals surface area contributed by atoms with Crippen LogP contribution in [0.1, 0.15) is 22.8 Å². The van der Waals surface area contributed by atoms with Crippen molar-refractivity contribution in [1.82, 2.24) is 5.32 Å². The molecule has 0 aromatic heterocycles. The third-order valence-electron chi connectivity index (χ3n) is 3.76. The number of nitrogens with one attached hydrogen (secondary N) is 2. The van der Waals surface area contributed by atoms with Crippen molar-refractivity contribution in [2.24, 2.45) is 0 Å². The monoisotopic (exact) mass is 370 g/mol. The molecule has 0 aliphatic carbocycles. The van der Waals surface area contributed by atoms with E-state index in [1.807, 2.05) is 19.1 Å². The van der Waals surface area contributed by atoms with Crippen LogP contribution in [-0.4, -0.2) is 38.0 Å². The summed E-state index contributed by atoms with van der Waals surface area (Å²) in [7, 11) is 1.53. The molecule has 0 saturated carbocycles. The zero-order valence-electron chi connectivity index (χ0n) is 15.3. The van der Waals surface area contributed by atoms with E-state index < -0.39 is 24.4 Å². The van der Waals surface area contributed by atoms with Crippen LogP contribution in [0.3, 0.4) is 0 Å². The van der Waals surface area contributed by atoms with Gasteiger partial charge in [-0.25, -0.2) is 0 Å². The molecule has 0 aliphatic rings. The van der Waals surface area contributed by atoms with Gasteiger partial charge in [0.2, 0.25) is 0 Å². The van der Waals surface area contributed by atoms with E-state index in [0.717, 1.165) is 12.0 Å². The molecule has 0 unspecified atom stereocenters. The fourth-order valence-electron chi connectivity index (χ4n) is 2.21. The van der Waals surface area contributed by atoms with Gasteiger partial charge in [0.25, 0.3) is 11.8 Å². The number of methoxy groups -OCH3 is 1. The molecule has 142 valence electrons. The topological polar surface area (TPSA) is 93.7 Å². The third kappa shape index (κ3) is 6.47. The largest absolute Gasteiger partial charge is 0.497 e. The number of amides is 2. The van der Waals surface area contributed by atoms with E-state index in [2.05, 4.69) is 10.6 Å². The molecule has 2 N–H and O–H groups in total. The van der Waals surface area contributed by atoms with Crippen molar-refractivity contribution in [3.63, 3.8) is 0 Å². The predicted octanol–water partition coefficient (Wildman–Crippen LogP) is 2.17. The van der Waals surface area contributed by atoms with Crippen molar-refractivity contribution >= 4 is 23.5 Å². The minimum absolute atomic E-state index is 0.330. The molecule has 0 saturated heterocycles. The van der Waals surface area contributed by atoms with Crippen LogP contribution in [-0.2, 0) is 20.7 Å². The van der Waals surface area contributed by atoms with E-state index in [1.54, 1.807) is 36.4 Å². The number of hydrogen-bond donors (Lipinski definition) is 2. The quantitative estimate of drug-likeness (QED) is 0.695. The van der Waals surface area contributed by atoms with Crippen molar-refractivity contribution in [3.05, 3.63) is 59.7 Å². The van der Waals surface area contributed by atoms with Gasteiger partial charge in [0, 0.05) is 11.3 Å². The second-order valence-electron chi connectivity index (χ2n) is 5.67. The lowest BCUT2D eigenvalue weighted by Crippen LogP contribution is -2.32. The second-order valence-corrected chi connectivity index (χ2v) is 5.67. The molecule has 7 nitrogen and oxygen atoms in total. The minimum Gasteiger partial charge on any atom is -0.497 e. The van der Waals surface area contributed by atoms with E-state index in [-0.39, 0.29) is 6.54 Å². The maximum atomic E-state index is 11.9. The number of carbonyl (C=O) groups excluding carboxylic acids is 3. The highest BCUT2D eigenvalue weighted by molar-refractivity contribution is 5.96. The average Bonchev–Trinajstić information content (AvgIpc) is 2.71. The van der Waals surface area contributed by atoms with Crippen molar-refractivity contribution in [1.29, 1.82) is 0 Å². The van der Waals surface area contributed by atoms with Crippen LogP contribution in [0, 0.1) is 0 Å². The number of carbonyl (C=O) groups is 3. The van der Waals surface area contributed by atoms with Crippen LogP contribution in [0.25, 0.3) is 0 Å². The Morgan fingerprint density at radius 3 is 2.22 bits per heavy atom. The van der Waals surface area contributed by atoms with Gasteiger partial charge in [-0.3, -0.25) is 14.4 Å². The maximum absolute atomic E-state index is 11.9. The summed E-state index contributed by atoms with van der Waals surface area (Å²) in [5.74, 6) is -0.946. The first-order valence-electron chi connectivity index (χ1n) is 8.48. The van der Waals surface area contributed by atoms with Gasteiger partial charge in [0.05, 0.1) is 7.11 Å². The predicted molar refractivity (Wildman–Crippen MR) is 101 cm³/mol. The van der Waals surface area contributed by atoms with E-state index in [9.17, 15) is 14.4 Å². The van der Waals surface area contributed by atoms with Gasteiger partial charge in [-0.2, -0.15) is 0 Å². The Kier molecular flexibility index (Phi) is 7.37. The first kappa shape index (κ1) is 20.0. The highest BCUT2D eigenvalue weighted by Crippen LogP contribution is 2.11. The molecule has 2 aromatic rings. The Labute approximate surface area is 157 Å². The molecule has 0 atom stereocenters. The van der Waals surface area contributed by atoms with Crippen molar-refractivity contribution in [3.8, 4) is 5.75 Å². The zero-order chi connectivity index (χ0) is 19.6. The fourth-order valence-corrected chi connectivity index (χ4v) is 2.21. The summed E-state index contributed by atoms with van der Waals surface area (Å²) < 4.78 is 9.87. The van der Waals surface area contributed by atoms with Crippen molar-refractivity contribution < 1.29 is 23.9 Å². The number of rotatable bonds is 8. The molecule has 2 aromatic carbocycles. The molecule has 7 heteroatoms. The zero-order valence-corrected chi connectivity index (χ0v) is 15.3. The molecule has 0 aliphatic heterocycles. The summed E-state index contributed by atoms with van der Waals surface area (Å²) in [6.45, 7) is 1.29. The summed E-state index contributed by atoms with van der Waals surface area (Å²) >= 11 is 0. The molecular weight excluding hydrogens is 348 g/mol. The number of ether oxygens (including phenoxy) is 2. The number of benzene rings is 2. The Hall–Kier alpha value is -3.35. The number of hydrogen-bond acceptors (Lipinski definition) is 5. The van der Waals surface area contributed by atoms with Gasteiger partial charge in [-0.15, -0.1) is 0 Å². The molecule has 0 bridgehead atoms. The standard InChI is InChI=1S/C20H22N2O5/c1-3-14-4-8-16(9-5-14)22-18(23)13-27-19(24)12-21-20(25)15-6-10-17(26-2)11-7-15/h4-11H,3,12-13H2,1-2H3,(H,21,25)(H,22,23). The van der Waals surface area contributed by atoms with E-state index in [4.69, 9.17) is 9.47 Å². The van der Waals surface area contributed by atoms with Gasteiger partial charge >= 0.3 is 5.97 Å². The second kappa shape index (κ2) is 9.96. The summed E-state index contributed by atoms with van der Waals surface area (Å²) in [5.41, 5.74) is 2.17. The molecule has 0 radical (unpaired) electrons. The van der Waals surface area contributed by atoms with Crippen molar-refractivity contribution in [2.75, 3.05) is 25.6 Å². The van der Waals surface area contributed by atoms with E-state index in [1.165, 1.54) is 7.11 Å². The van der Waals surface area contributed by atoms with Gasteiger partial charge < -0.3 is 20.1 Å². The van der Waals surface area contributed by atoms with Crippen LogP contribution >= 0.6 is 0 Å².